The molecule has 1 atom stereocenters. The molecule has 44 heavy (non-hydrogen) atoms. The van der Waals surface area contributed by atoms with E-state index < -0.39 is 0 Å². The van der Waals surface area contributed by atoms with Gasteiger partial charge in [0, 0.05) is 31.3 Å². The number of nitrogens with zero attached hydrogens (tertiary/aromatic N) is 1. The van der Waals surface area contributed by atoms with Crippen LogP contribution in [0.25, 0.3) is 5.57 Å². The van der Waals surface area contributed by atoms with Gasteiger partial charge >= 0.3 is 5.97 Å². The summed E-state index contributed by atoms with van der Waals surface area (Å²) >= 11 is 0. The Kier molecular flexibility index (Phi) is 11.8. The summed E-state index contributed by atoms with van der Waals surface area (Å²) in [4.78, 5) is 28.2. The van der Waals surface area contributed by atoms with Crippen molar-refractivity contribution < 1.29 is 19.1 Å². The van der Waals surface area contributed by atoms with E-state index in [0.29, 0.717) is 31.2 Å². The van der Waals surface area contributed by atoms with Gasteiger partial charge in [-0.25, -0.2) is 0 Å². The molecule has 1 aliphatic rings. The Balaban J connectivity index is 1.36. The zero-order valence-corrected chi connectivity index (χ0v) is 27.0. The summed E-state index contributed by atoms with van der Waals surface area (Å²) in [6, 6.07) is 21.7. The second kappa shape index (κ2) is 15.7. The van der Waals surface area contributed by atoms with Gasteiger partial charge in [-0.2, -0.15) is 0 Å². The molecule has 0 aromatic heterocycles. The Labute approximate surface area is 263 Å². The van der Waals surface area contributed by atoms with Gasteiger partial charge in [0.2, 0.25) is 0 Å². The van der Waals surface area contributed by atoms with E-state index >= 15 is 0 Å². The minimum absolute atomic E-state index is 0.0531. The molecule has 0 bridgehead atoms. The van der Waals surface area contributed by atoms with Crippen LogP contribution in [-0.4, -0.2) is 36.0 Å². The van der Waals surface area contributed by atoms with Gasteiger partial charge in [-0.05, 0) is 91.8 Å². The Morgan fingerprint density at radius 1 is 0.955 bits per heavy atom. The first-order valence-corrected chi connectivity index (χ1v) is 15.8. The summed E-state index contributed by atoms with van der Waals surface area (Å²) in [5.74, 6) is 0.919. The fraction of sp³-hybridized carbons (Fsp3) is 0.421. The molecular weight excluding hydrogens is 548 g/mol. The lowest BCUT2D eigenvalue weighted by Gasteiger charge is -2.22. The number of amides is 1. The third-order valence-corrected chi connectivity index (χ3v) is 8.17. The van der Waals surface area contributed by atoms with Gasteiger partial charge in [0.1, 0.15) is 24.5 Å². The average molecular weight is 597 g/mol. The normalized spacial score (nSPS) is 14.0. The number of aryl methyl sites for hydroxylation is 1. The van der Waals surface area contributed by atoms with Crippen molar-refractivity contribution in [1.82, 2.24) is 10.2 Å². The maximum atomic E-state index is 13.6. The molecule has 1 amide bonds. The molecule has 6 nitrogen and oxygen atoms in total. The molecule has 0 unspecified atom stereocenters. The van der Waals surface area contributed by atoms with Crippen molar-refractivity contribution >= 4 is 17.4 Å². The molecule has 4 rings (SSSR count). The number of esters is 1. The lowest BCUT2D eigenvalue weighted by Crippen LogP contribution is -2.40. The van der Waals surface area contributed by atoms with Crippen LogP contribution in [0.3, 0.4) is 0 Å². The molecule has 3 aromatic carbocycles. The first kappa shape index (κ1) is 33.0. The molecule has 0 saturated heterocycles. The Morgan fingerprint density at radius 2 is 1.61 bits per heavy atom. The summed E-state index contributed by atoms with van der Waals surface area (Å²) in [6.07, 6.45) is 5.03. The average Bonchev–Trinajstić information content (AvgIpc) is 3.51. The summed E-state index contributed by atoms with van der Waals surface area (Å²) in [5, 5.41) is 3.43. The fourth-order valence-corrected chi connectivity index (χ4v) is 5.64. The Bertz CT molecular complexity index is 1410. The van der Waals surface area contributed by atoms with Crippen molar-refractivity contribution in [1.29, 1.82) is 0 Å². The number of rotatable bonds is 14. The summed E-state index contributed by atoms with van der Waals surface area (Å²) < 4.78 is 11.9. The third-order valence-electron chi connectivity index (χ3n) is 8.17. The van der Waals surface area contributed by atoms with Gasteiger partial charge in [-0.3, -0.25) is 9.59 Å². The van der Waals surface area contributed by atoms with E-state index in [9.17, 15) is 9.59 Å². The standard InChI is InChI=1S/C38H48N2O4/c1-26(2)20-35(38(42)44-32-14-10-11-15-32)39-23-29-16-18-30(19-17-29)24-40(6)37(41)34-22-33(27(3)4)36(21-28(34)5)43-25-31-12-8-7-9-13-31/h7-9,12-13,16-19,21-22,26,32,35,39H,3,10-11,14-15,20,23-25H2,1-2,4-6H3/t35-/m0/s1. The zero-order chi connectivity index (χ0) is 31.6. The molecule has 0 spiro atoms. The van der Waals surface area contributed by atoms with Crippen LogP contribution in [0.5, 0.6) is 5.75 Å². The van der Waals surface area contributed by atoms with E-state index in [1.54, 1.807) is 4.90 Å². The number of benzene rings is 3. The number of allylic oxidation sites excluding steroid dienone is 1. The smallest absolute Gasteiger partial charge is 0.323 e. The van der Waals surface area contributed by atoms with Gasteiger partial charge in [-0.15, -0.1) is 0 Å². The van der Waals surface area contributed by atoms with Crippen molar-refractivity contribution in [3.63, 3.8) is 0 Å². The maximum absolute atomic E-state index is 13.6. The summed E-state index contributed by atoms with van der Waals surface area (Å²) in [6.45, 7) is 13.7. The van der Waals surface area contributed by atoms with E-state index in [0.717, 1.165) is 71.2 Å². The predicted molar refractivity (Wildman–Crippen MR) is 177 cm³/mol. The third kappa shape index (κ3) is 9.30. The Hall–Kier alpha value is -3.90. The number of hydrogen-bond acceptors (Lipinski definition) is 5. The van der Waals surface area contributed by atoms with Crippen LogP contribution in [0.1, 0.15) is 91.1 Å². The lowest BCUT2D eigenvalue weighted by molar-refractivity contribution is -0.151. The van der Waals surface area contributed by atoms with E-state index in [-0.39, 0.29) is 24.0 Å². The number of hydrogen-bond donors (Lipinski definition) is 1. The van der Waals surface area contributed by atoms with Crippen molar-refractivity contribution in [3.8, 4) is 5.75 Å². The molecule has 1 fully saturated rings. The maximum Gasteiger partial charge on any atom is 0.323 e. The number of carbonyl (C=O) groups is 2. The van der Waals surface area contributed by atoms with Crippen LogP contribution in [0, 0.1) is 12.8 Å². The number of nitrogens with one attached hydrogen (secondary N) is 1. The molecule has 234 valence electrons. The number of ether oxygens (including phenoxy) is 2. The van der Waals surface area contributed by atoms with Gasteiger partial charge < -0.3 is 19.7 Å². The highest BCUT2D eigenvalue weighted by molar-refractivity contribution is 5.97. The molecular formula is C38H48N2O4. The van der Waals surface area contributed by atoms with Crippen molar-refractivity contribution in [2.45, 2.75) is 91.6 Å². The van der Waals surface area contributed by atoms with Crippen molar-refractivity contribution in [2.75, 3.05) is 7.05 Å². The largest absolute Gasteiger partial charge is 0.488 e. The fourth-order valence-electron chi connectivity index (χ4n) is 5.64. The van der Waals surface area contributed by atoms with Crippen LogP contribution in [0.2, 0.25) is 0 Å². The molecule has 1 aliphatic carbocycles. The minimum atomic E-state index is -0.318. The number of carbonyl (C=O) groups excluding carboxylic acids is 2. The molecule has 0 aliphatic heterocycles. The summed E-state index contributed by atoms with van der Waals surface area (Å²) in [5.41, 5.74) is 6.37. The first-order valence-electron chi connectivity index (χ1n) is 15.8. The molecule has 0 radical (unpaired) electrons. The topological polar surface area (TPSA) is 67.9 Å². The van der Waals surface area contributed by atoms with Crippen LogP contribution in [-0.2, 0) is 29.2 Å². The first-order chi connectivity index (χ1) is 21.1. The minimum Gasteiger partial charge on any atom is -0.488 e. The molecule has 1 saturated carbocycles. The Morgan fingerprint density at radius 3 is 2.25 bits per heavy atom. The molecule has 1 N–H and O–H groups in total. The SMILES string of the molecule is C=C(C)c1cc(C(=O)N(C)Cc2ccc(CN[C@@H](CC(C)C)C(=O)OC3CCCC3)cc2)c(C)cc1OCc1ccccc1. The van der Waals surface area contributed by atoms with Gasteiger partial charge in [0.25, 0.3) is 5.91 Å². The molecule has 3 aromatic rings. The van der Waals surface area contributed by atoms with Gasteiger partial charge in [0.05, 0.1) is 0 Å². The van der Waals surface area contributed by atoms with E-state index in [1.807, 2.05) is 75.5 Å². The van der Waals surface area contributed by atoms with E-state index in [1.165, 1.54) is 0 Å². The second-order valence-corrected chi connectivity index (χ2v) is 12.6. The lowest BCUT2D eigenvalue weighted by atomic mass is 9.99. The van der Waals surface area contributed by atoms with Crippen molar-refractivity contribution in [3.05, 3.63) is 107 Å². The van der Waals surface area contributed by atoms with E-state index in [4.69, 9.17) is 9.47 Å². The molecule has 0 heterocycles. The van der Waals surface area contributed by atoms with Crippen LogP contribution in [0.15, 0.2) is 73.3 Å². The highest BCUT2D eigenvalue weighted by Gasteiger charge is 2.26. The van der Waals surface area contributed by atoms with Crippen molar-refractivity contribution in [2.24, 2.45) is 5.92 Å². The van der Waals surface area contributed by atoms with Crippen LogP contribution in [0.4, 0.5) is 0 Å². The highest BCUT2D eigenvalue weighted by atomic mass is 16.5. The van der Waals surface area contributed by atoms with Crippen LogP contribution >= 0.6 is 0 Å². The summed E-state index contributed by atoms with van der Waals surface area (Å²) in [7, 11) is 1.82. The monoisotopic (exact) mass is 596 g/mol. The zero-order valence-electron chi connectivity index (χ0n) is 27.0. The van der Waals surface area contributed by atoms with Gasteiger partial charge in [0.15, 0.2) is 0 Å². The predicted octanol–water partition coefficient (Wildman–Crippen LogP) is 7.87. The van der Waals surface area contributed by atoms with Gasteiger partial charge in [-0.1, -0.05) is 75.0 Å². The highest BCUT2D eigenvalue weighted by Crippen LogP contribution is 2.30. The van der Waals surface area contributed by atoms with E-state index in [2.05, 4.69) is 37.9 Å². The van der Waals surface area contributed by atoms with Crippen LogP contribution < -0.4 is 10.1 Å². The second-order valence-electron chi connectivity index (χ2n) is 12.6. The molecule has 6 heteroatoms. The quantitative estimate of drug-likeness (QED) is 0.192.